The van der Waals surface area contributed by atoms with Gasteiger partial charge in [0.1, 0.15) is 12.4 Å². The van der Waals surface area contributed by atoms with Crippen LogP contribution in [0.2, 0.25) is 5.02 Å². The first kappa shape index (κ1) is 17.2. The molecular weight excluding hydrogens is 328 g/mol. The van der Waals surface area contributed by atoms with Gasteiger partial charge in [-0.3, -0.25) is 10.00 Å². The van der Waals surface area contributed by atoms with Crippen molar-refractivity contribution in [1.82, 2.24) is 20.1 Å². The molecule has 7 heteroatoms. The van der Waals surface area contributed by atoms with Crippen molar-refractivity contribution in [2.75, 3.05) is 20.8 Å². The molecule has 0 bridgehead atoms. The van der Waals surface area contributed by atoms with Crippen molar-refractivity contribution in [3.05, 3.63) is 40.4 Å². The molecule has 1 atom stereocenters. The van der Waals surface area contributed by atoms with Crippen molar-refractivity contribution in [2.24, 2.45) is 0 Å². The average molecular weight is 351 g/mol. The number of ether oxygens (including phenoxy) is 2. The second kappa shape index (κ2) is 7.96. The van der Waals surface area contributed by atoms with Crippen LogP contribution >= 0.6 is 11.6 Å². The van der Waals surface area contributed by atoms with Gasteiger partial charge < -0.3 is 9.47 Å². The van der Waals surface area contributed by atoms with Crippen LogP contribution in [-0.4, -0.2) is 40.8 Å². The third-order valence-electron chi connectivity index (χ3n) is 4.34. The Morgan fingerprint density at radius 3 is 2.96 bits per heavy atom. The van der Waals surface area contributed by atoms with Gasteiger partial charge in [0, 0.05) is 13.7 Å². The number of nitrogens with one attached hydrogen (secondary N) is 1. The van der Waals surface area contributed by atoms with E-state index in [2.05, 4.69) is 26.1 Å². The molecular formula is C17H23ClN4O2. The van der Waals surface area contributed by atoms with Gasteiger partial charge in [0.05, 0.1) is 18.2 Å². The lowest BCUT2D eigenvalue weighted by molar-refractivity contribution is 0.133. The SMILES string of the molecule is COCc1nc(C2CCCCN2Cc2ccc(OC)c(Cl)c2)n[nH]1. The molecule has 130 valence electrons. The highest BCUT2D eigenvalue weighted by Gasteiger charge is 2.27. The number of methoxy groups -OCH3 is 2. The molecule has 2 heterocycles. The molecule has 0 amide bonds. The van der Waals surface area contributed by atoms with Crippen molar-refractivity contribution in [1.29, 1.82) is 0 Å². The van der Waals surface area contributed by atoms with Gasteiger partial charge in [0.2, 0.25) is 0 Å². The highest BCUT2D eigenvalue weighted by atomic mass is 35.5. The molecule has 1 aliphatic heterocycles. The number of aromatic nitrogens is 3. The topological polar surface area (TPSA) is 63.3 Å². The second-order valence-electron chi connectivity index (χ2n) is 6.02. The Morgan fingerprint density at radius 2 is 2.21 bits per heavy atom. The zero-order valence-corrected chi connectivity index (χ0v) is 14.8. The van der Waals surface area contributed by atoms with E-state index < -0.39 is 0 Å². The molecule has 1 aromatic carbocycles. The molecule has 1 saturated heterocycles. The van der Waals surface area contributed by atoms with E-state index in [-0.39, 0.29) is 6.04 Å². The summed E-state index contributed by atoms with van der Waals surface area (Å²) in [5.41, 5.74) is 1.17. The normalized spacial score (nSPS) is 18.7. The Bertz CT molecular complexity index is 676. The maximum atomic E-state index is 6.25. The number of aromatic amines is 1. The van der Waals surface area contributed by atoms with Crippen LogP contribution < -0.4 is 4.74 Å². The Kier molecular flexibility index (Phi) is 5.71. The summed E-state index contributed by atoms with van der Waals surface area (Å²) in [5, 5.41) is 8.00. The highest BCUT2D eigenvalue weighted by Crippen LogP contribution is 2.32. The predicted octanol–water partition coefficient (Wildman–Crippen LogP) is 3.34. The van der Waals surface area contributed by atoms with Crippen molar-refractivity contribution in [2.45, 2.75) is 38.5 Å². The number of nitrogens with zero attached hydrogens (tertiary/aromatic N) is 3. The second-order valence-corrected chi connectivity index (χ2v) is 6.43. The summed E-state index contributed by atoms with van der Waals surface area (Å²) in [7, 11) is 3.28. The number of rotatable bonds is 6. The lowest BCUT2D eigenvalue weighted by atomic mass is 10.0. The van der Waals surface area contributed by atoms with Gasteiger partial charge in [0.25, 0.3) is 0 Å². The number of likely N-dealkylation sites (tertiary alicyclic amines) is 1. The van der Waals surface area contributed by atoms with Crippen molar-refractivity contribution in [3.8, 4) is 5.75 Å². The largest absolute Gasteiger partial charge is 0.495 e. The van der Waals surface area contributed by atoms with Crippen molar-refractivity contribution in [3.63, 3.8) is 0 Å². The summed E-state index contributed by atoms with van der Waals surface area (Å²) in [4.78, 5) is 7.00. The predicted molar refractivity (Wildman–Crippen MR) is 92.1 cm³/mol. The van der Waals surface area contributed by atoms with E-state index in [0.717, 1.165) is 31.2 Å². The molecule has 6 nitrogen and oxygen atoms in total. The van der Waals surface area contributed by atoms with E-state index in [9.17, 15) is 0 Å². The van der Waals surface area contributed by atoms with Gasteiger partial charge >= 0.3 is 0 Å². The zero-order valence-electron chi connectivity index (χ0n) is 14.1. The lowest BCUT2D eigenvalue weighted by Gasteiger charge is -2.34. The van der Waals surface area contributed by atoms with Crippen LogP contribution in [-0.2, 0) is 17.9 Å². The Hall–Kier alpha value is -1.63. The third-order valence-corrected chi connectivity index (χ3v) is 4.64. The van der Waals surface area contributed by atoms with Crippen LogP contribution in [0.15, 0.2) is 18.2 Å². The molecule has 1 aromatic heterocycles. The van der Waals surface area contributed by atoms with E-state index >= 15 is 0 Å². The smallest absolute Gasteiger partial charge is 0.167 e. The minimum atomic E-state index is 0.224. The van der Waals surface area contributed by atoms with Crippen LogP contribution in [0, 0.1) is 0 Å². The van der Waals surface area contributed by atoms with Crippen LogP contribution in [0.4, 0.5) is 0 Å². The first-order valence-electron chi connectivity index (χ1n) is 8.18. The first-order valence-corrected chi connectivity index (χ1v) is 8.55. The van der Waals surface area contributed by atoms with Crippen LogP contribution in [0.1, 0.15) is 42.5 Å². The molecule has 1 N–H and O–H groups in total. The zero-order chi connectivity index (χ0) is 16.9. The summed E-state index contributed by atoms with van der Waals surface area (Å²) >= 11 is 6.25. The number of hydrogen-bond donors (Lipinski definition) is 1. The maximum absolute atomic E-state index is 6.25. The summed E-state index contributed by atoms with van der Waals surface area (Å²) in [6, 6.07) is 6.17. The summed E-state index contributed by atoms with van der Waals surface area (Å²) < 4.78 is 10.3. The Labute approximate surface area is 147 Å². The quantitative estimate of drug-likeness (QED) is 0.865. The Balaban J connectivity index is 1.75. The first-order chi connectivity index (χ1) is 11.7. The van der Waals surface area contributed by atoms with Crippen LogP contribution in [0.25, 0.3) is 0 Å². The van der Waals surface area contributed by atoms with Crippen molar-refractivity contribution < 1.29 is 9.47 Å². The van der Waals surface area contributed by atoms with E-state index in [1.807, 2.05) is 12.1 Å². The van der Waals surface area contributed by atoms with Crippen molar-refractivity contribution >= 4 is 11.6 Å². The van der Waals surface area contributed by atoms with Crippen LogP contribution in [0.3, 0.4) is 0 Å². The van der Waals surface area contributed by atoms with Gasteiger partial charge in [-0.25, -0.2) is 4.98 Å². The highest BCUT2D eigenvalue weighted by molar-refractivity contribution is 6.32. The molecule has 0 radical (unpaired) electrons. The number of piperidine rings is 1. The fraction of sp³-hybridized carbons (Fsp3) is 0.529. The number of H-pyrrole nitrogens is 1. The van der Waals surface area contributed by atoms with E-state index in [1.54, 1.807) is 14.2 Å². The van der Waals surface area contributed by atoms with E-state index in [0.29, 0.717) is 17.4 Å². The number of benzene rings is 1. The lowest BCUT2D eigenvalue weighted by Crippen LogP contribution is -2.33. The van der Waals surface area contributed by atoms with Crippen LogP contribution in [0.5, 0.6) is 5.75 Å². The summed E-state index contributed by atoms with van der Waals surface area (Å²) in [6.07, 6.45) is 3.45. The third kappa shape index (κ3) is 3.88. The molecule has 0 spiro atoms. The van der Waals surface area contributed by atoms with Gasteiger partial charge in [0.15, 0.2) is 11.6 Å². The maximum Gasteiger partial charge on any atom is 0.167 e. The molecule has 1 unspecified atom stereocenters. The Morgan fingerprint density at radius 1 is 1.33 bits per heavy atom. The van der Waals surface area contributed by atoms with E-state index in [1.165, 1.54) is 18.4 Å². The molecule has 24 heavy (non-hydrogen) atoms. The van der Waals surface area contributed by atoms with Gasteiger partial charge in [-0.1, -0.05) is 24.1 Å². The van der Waals surface area contributed by atoms with Gasteiger partial charge in [-0.05, 0) is 37.1 Å². The van der Waals surface area contributed by atoms with Gasteiger partial charge in [-0.2, -0.15) is 5.10 Å². The monoisotopic (exact) mass is 350 g/mol. The molecule has 0 aliphatic carbocycles. The van der Waals surface area contributed by atoms with E-state index in [4.69, 9.17) is 21.1 Å². The molecule has 1 aliphatic rings. The minimum absolute atomic E-state index is 0.224. The molecule has 0 saturated carbocycles. The molecule has 3 rings (SSSR count). The average Bonchev–Trinajstić information content (AvgIpc) is 3.04. The summed E-state index contributed by atoms with van der Waals surface area (Å²) in [6.45, 7) is 2.30. The fourth-order valence-corrected chi connectivity index (χ4v) is 3.46. The minimum Gasteiger partial charge on any atom is -0.495 e. The molecule has 1 fully saturated rings. The number of hydrogen-bond acceptors (Lipinski definition) is 5. The fourth-order valence-electron chi connectivity index (χ4n) is 3.18. The standard InChI is InChI=1S/C17H23ClN4O2/c1-23-11-16-19-17(21-20-16)14-5-3-4-8-22(14)10-12-6-7-15(24-2)13(18)9-12/h6-7,9,14H,3-5,8,10-11H2,1-2H3,(H,19,20,21). The van der Waals surface area contributed by atoms with Gasteiger partial charge in [-0.15, -0.1) is 0 Å². The summed E-state index contributed by atoms with van der Waals surface area (Å²) in [5.74, 6) is 2.32. The number of halogens is 1. The molecule has 2 aromatic rings.